The van der Waals surface area contributed by atoms with Crippen molar-refractivity contribution in [3.05, 3.63) is 69.7 Å². The van der Waals surface area contributed by atoms with Crippen molar-refractivity contribution in [1.29, 1.82) is 5.26 Å². The van der Waals surface area contributed by atoms with Crippen molar-refractivity contribution >= 4 is 29.1 Å². The second-order valence-electron chi connectivity index (χ2n) is 6.24. The number of benzene rings is 2. The smallest absolute Gasteiger partial charge is 0.252 e. The quantitative estimate of drug-likeness (QED) is 0.675. The van der Waals surface area contributed by atoms with Crippen LogP contribution in [0.4, 0.5) is 0 Å². The zero-order valence-corrected chi connectivity index (χ0v) is 15.6. The molecular formula is C19H13Cl2N5O. The maximum Gasteiger partial charge on any atom is 0.252 e. The van der Waals surface area contributed by atoms with Gasteiger partial charge in [-0.05, 0) is 34.9 Å². The highest BCUT2D eigenvalue weighted by Crippen LogP contribution is 2.33. The molecule has 0 spiro atoms. The second-order valence-corrected chi connectivity index (χ2v) is 7.08. The largest absolute Gasteiger partial charge is 0.332 e. The van der Waals surface area contributed by atoms with Crippen LogP contribution in [-0.4, -0.2) is 25.6 Å². The SMILES string of the molecule is N#Cc1ncn(CC(=O)N2Cc3ccc(-c4ccc(Cl)cc4Cl)cc3C2)n1. The zero-order valence-electron chi connectivity index (χ0n) is 14.1. The molecule has 3 aromatic rings. The molecule has 2 heterocycles. The fourth-order valence-corrected chi connectivity index (χ4v) is 3.64. The first-order chi connectivity index (χ1) is 13.0. The van der Waals surface area contributed by atoms with Gasteiger partial charge in [-0.2, -0.15) is 5.26 Å². The lowest BCUT2D eigenvalue weighted by molar-refractivity contribution is -0.132. The van der Waals surface area contributed by atoms with Gasteiger partial charge in [-0.25, -0.2) is 9.67 Å². The van der Waals surface area contributed by atoms with E-state index in [9.17, 15) is 4.79 Å². The van der Waals surface area contributed by atoms with Crippen LogP contribution in [0.3, 0.4) is 0 Å². The summed E-state index contributed by atoms with van der Waals surface area (Å²) in [5.74, 6) is -0.0244. The number of fused-ring (bicyclic) bond motifs is 1. The fourth-order valence-electron chi connectivity index (χ4n) is 3.12. The van der Waals surface area contributed by atoms with Gasteiger partial charge in [0.25, 0.3) is 5.82 Å². The molecule has 0 aliphatic carbocycles. The lowest BCUT2D eigenvalue weighted by atomic mass is 10.0. The highest BCUT2D eigenvalue weighted by molar-refractivity contribution is 6.36. The number of rotatable bonds is 3. The van der Waals surface area contributed by atoms with Crippen LogP contribution in [0.15, 0.2) is 42.7 Å². The molecule has 0 saturated carbocycles. The number of carbonyl (C=O) groups excluding carboxylic acids is 1. The van der Waals surface area contributed by atoms with E-state index in [1.165, 1.54) is 11.0 Å². The summed E-state index contributed by atoms with van der Waals surface area (Å²) in [6.45, 7) is 1.12. The van der Waals surface area contributed by atoms with E-state index < -0.39 is 0 Å². The minimum atomic E-state index is -0.0772. The Hall–Kier alpha value is -2.88. The summed E-state index contributed by atoms with van der Waals surface area (Å²) in [7, 11) is 0. The summed E-state index contributed by atoms with van der Waals surface area (Å²) in [5.41, 5.74) is 4.08. The number of aromatic nitrogens is 3. The third kappa shape index (κ3) is 3.52. The molecule has 27 heavy (non-hydrogen) atoms. The van der Waals surface area contributed by atoms with E-state index in [0.717, 1.165) is 22.3 Å². The highest BCUT2D eigenvalue weighted by Gasteiger charge is 2.24. The molecule has 4 rings (SSSR count). The summed E-state index contributed by atoms with van der Waals surface area (Å²) in [6, 6.07) is 13.3. The molecule has 0 bridgehead atoms. The van der Waals surface area contributed by atoms with E-state index in [1.807, 2.05) is 24.3 Å². The van der Waals surface area contributed by atoms with Crippen molar-refractivity contribution < 1.29 is 4.79 Å². The van der Waals surface area contributed by atoms with Gasteiger partial charge in [0.05, 0.1) is 0 Å². The molecule has 0 unspecified atom stereocenters. The molecule has 8 heteroatoms. The summed E-state index contributed by atoms with van der Waals surface area (Å²) in [6.07, 6.45) is 1.39. The number of carbonyl (C=O) groups is 1. The van der Waals surface area contributed by atoms with E-state index in [-0.39, 0.29) is 18.3 Å². The Morgan fingerprint density at radius 2 is 1.96 bits per heavy atom. The van der Waals surface area contributed by atoms with E-state index in [1.54, 1.807) is 17.0 Å². The van der Waals surface area contributed by atoms with Crippen molar-refractivity contribution in [3.8, 4) is 17.2 Å². The van der Waals surface area contributed by atoms with Gasteiger partial charge in [-0.1, -0.05) is 41.4 Å². The Kier molecular flexibility index (Phi) is 4.56. The van der Waals surface area contributed by atoms with E-state index >= 15 is 0 Å². The Morgan fingerprint density at radius 3 is 2.70 bits per heavy atom. The molecule has 0 N–H and O–H groups in total. The Labute approximate surface area is 165 Å². The predicted octanol–water partition coefficient (Wildman–Crippen LogP) is 3.67. The summed E-state index contributed by atoms with van der Waals surface area (Å²) in [5, 5.41) is 13.9. The Balaban J connectivity index is 1.51. The summed E-state index contributed by atoms with van der Waals surface area (Å²) < 4.78 is 1.38. The van der Waals surface area contributed by atoms with E-state index in [4.69, 9.17) is 28.5 Å². The molecule has 2 aromatic carbocycles. The molecule has 1 aliphatic rings. The van der Waals surface area contributed by atoms with Gasteiger partial charge in [0.15, 0.2) is 0 Å². The van der Waals surface area contributed by atoms with Crippen molar-refractivity contribution in [2.45, 2.75) is 19.6 Å². The maximum atomic E-state index is 12.5. The van der Waals surface area contributed by atoms with Crippen molar-refractivity contribution in [1.82, 2.24) is 19.7 Å². The monoisotopic (exact) mass is 397 g/mol. The normalized spacial score (nSPS) is 12.7. The number of nitrogens with zero attached hydrogens (tertiary/aromatic N) is 5. The van der Waals surface area contributed by atoms with Gasteiger partial charge in [0.1, 0.15) is 18.9 Å². The van der Waals surface area contributed by atoms with Crippen LogP contribution in [-0.2, 0) is 24.4 Å². The highest BCUT2D eigenvalue weighted by atomic mass is 35.5. The minimum Gasteiger partial charge on any atom is -0.332 e. The number of nitriles is 1. The standard InChI is InChI=1S/C19H13Cl2N5O/c20-15-3-4-16(17(21)6-15)12-1-2-13-8-25(9-14(13)5-12)19(27)10-26-11-23-18(7-22)24-26/h1-6,11H,8-10H2. The third-order valence-electron chi connectivity index (χ3n) is 4.46. The molecule has 1 aliphatic heterocycles. The first-order valence-corrected chi connectivity index (χ1v) is 8.93. The zero-order chi connectivity index (χ0) is 19.0. The number of amides is 1. The van der Waals surface area contributed by atoms with Gasteiger partial charge < -0.3 is 4.90 Å². The first-order valence-electron chi connectivity index (χ1n) is 8.18. The maximum absolute atomic E-state index is 12.5. The van der Waals surface area contributed by atoms with E-state index in [2.05, 4.69) is 16.1 Å². The van der Waals surface area contributed by atoms with Crippen LogP contribution in [0, 0.1) is 11.3 Å². The van der Waals surface area contributed by atoms with Crippen LogP contribution in [0.25, 0.3) is 11.1 Å². The molecule has 0 fully saturated rings. The van der Waals surface area contributed by atoms with Gasteiger partial charge in [0, 0.05) is 28.7 Å². The molecule has 0 saturated heterocycles. The molecule has 1 amide bonds. The second kappa shape index (κ2) is 7.03. The van der Waals surface area contributed by atoms with Gasteiger partial charge in [0.2, 0.25) is 5.91 Å². The van der Waals surface area contributed by atoms with Gasteiger partial charge >= 0.3 is 0 Å². The van der Waals surface area contributed by atoms with Crippen LogP contribution >= 0.6 is 23.2 Å². The van der Waals surface area contributed by atoms with Crippen molar-refractivity contribution in [2.24, 2.45) is 0 Å². The predicted molar refractivity (Wildman–Crippen MR) is 101 cm³/mol. The summed E-state index contributed by atoms with van der Waals surface area (Å²) >= 11 is 12.3. The van der Waals surface area contributed by atoms with Crippen LogP contribution in [0.5, 0.6) is 0 Å². The third-order valence-corrected chi connectivity index (χ3v) is 5.01. The summed E-state index contributed by atoms with van der Waals surface area (Å²) in [4.78, 5) is 18.1. The van der Waals surface area contributed by atoms with Crippen LogP contribution in [0.2, 0.25) is 10.0 Å². The topological polar surface area (TPSA) is 74.8 Å². The lowest BCUT2D eigenvalue weighted by Gasteiger charge is -2.14. The Morgan fingerprint density at radius 1 is 1.15 bits per heavy atom. The molecule has 134 valence electrons. The molecule has 1 aromatic heterocycles. The van der Waals surface area contributed by atoms with Gasteiger partial charge in [-0.15, -0.1) is 5.10 Å². The number of hydrogen-bond acceptors (Lipinski definition) is 4. The fraction of sp³-hybridized carbons (Fsp3) is 0.158. The molecule has 6 nitrogen and oxygen atoms in total. The van der Waals surface area contributed by atoms with Crippen molar-refractivity contribution in [2.75, 3.05) is 0 Å². The molecule has 0 radical (unpaired) electrons. The minimum absolute atomic E-state index is 0.0528. The van der Waals surface area contributed by atoms with Crippen molar-refractivity contribution in [3.63, 3.8) is 0 Å². The van der Waals surface area contributed by atoms with E-state index in [0.29, 0.717) is 23.1 Å². The van der Waals surface area contributed by atoms with Gasteiger partial charge in [-0.3, -0.25) is 4.79 Å². The number of halogens is 2. The first kappa shape index (κ1) is 17.5. The van der Waals surface area contributed by atoms with Crippen LogP contribution in [0.1, 0.15) is 17.0 Å². The Bertz CT molecular complexity index is 1090. The van der Waals surface area contributed by atoms with Crippen LogP contribution < -0.4 is 0 Å². The molecular weight excluding hydrogens is 385 g/mol. The molecule has 0 atom stereocenters. The average Bonchev–Trinajstić information content (AvgIpc) is 3.27. The number of hydrogen-bond donors (Lipinski definition) is 0. The average molecular weight is 398 g/mol. The lowest BCUT2D eigenvalue weighted by Crippen LogP contribution is -2.29.